The third-order valence-electron chi connectivity index (χ3n) is 5.79. The zero-order valence-corrected chi connectivity index (χ0v) is 16.1. The molecule has 0 aromatic rings. The molecule has 0 N–H and O–H groups in total. The molecule has 150 valence electrons. The second-order valence-corrected chi connectivity index (χ2v) is 7.57. The van der Waals surface area contributed by atoms with Crippen LogP contribution in [-0.2, 0) is 9.47 Å². The number of ether oxygens (including phenoxy) is 2. The van der Waals surface area contributed by atoms with E-state index < -0.39 is 0 Å². The van der Waals surface area contributed by atoms with E-state index >= 15 is 0 Å². The second kappa shape index (κ2) is 11.7. The van der Waals surface area contributed by atoms with Crippen molar-refractivity contribution in [1.29, 1.82) is 0 Å². The van der Waals surface area contributed by atoms with Crippen LogP contribution < -0.4 is 0 Å². The summed E-state index contributed by atoms with van der Waals surface area (Å²) in [6, 6.07) is 0. The molecule has 0 amide bonds. The average Bonchev–Trinajstić information content (AvgIpc) is 2.71. The van der Waals surface area contributed by atoms with Crippen molar-refractivity contribution in [2.24, 2.45) is 0 Å². The van der Waals surface area contributed by atoms with Gasteiger partial charge in [-0.05, 0) is 58.3 Å². The first-order chi connectivity index (χ1) is 12.3. The highest BCUT2D eigenvalue weighted by Crippen LogP contribution is 2.27. The summed E-state index contributed by atoms with van der Waals surface area (Å²) in [5.74, 6) is 0. The van der Waals surface area contributed by atoms with E-state index in [2.05, 4.69) is 22.8 Å². The Morgan fingerprint density at radius 3 is 1.88 bits per heavy atom. The summed E-state index contributed by atoms with van der Waals surface area (Å²) in [6.45, 7) is 10.4. The van der Waals surface area contributed by atoms with Gasteiger partial charge in [0, 0.05) is 37.6 Å². The van der Waals surface area contributed by atoms with Gasteiger partial charge in [-0.15, -0.1) is 0 Å². The van der Waals surface area contributed by atoms with Gasteiger partial charge >= 0.3 is 0 Å². The molecule has 0 unspecified atom stereocenters. The second-order valence-electron chi connectivity index (χ2n) is 7.57. The highest BCUT2D eigenvalue weighted by molar-refractivity contribution is 5.14. The summed E-state index contributed by atoms with van der Waals surface area (Å²) in [4.78, 5) is 5.01. The molecule has 4 aliphatic rings. The predicted molar refractivity (Wildman–Crippen MR) is 109 cm³/mol. The van der Waals surface area contributed by atoms with E-state index in [1.165, 1.54) is 51.4 Å². The average molecular weight is 365 g/mol. The van der Waals surface area contributed by atoms with Crippen molar-refractivity contribution in [1.82, 2.24) is 9.80 Å². The fourth-order valence-electron chi connectivity index (χ4n) is 4.26. The zero-order chi connectivity index (χ0) is 17.3. The Hall–Kier alpha value is -1.00. The summed E-state index contributed by atoms with van der Waals surface area (Å²) in [5.41, 5.74) is 4.81. The van der Waals surface area contributed by atoms with Crippen LogP contribution in [0.3, 0.4) is 0 Å². The van der Waals surface area contributed by atoms with Crippen molar-refractivity contribution in [3.8, 4) is 0 Å². The lowest BCUT2D eigenvalue weighted by molar-refractivity contribution is 0.0507. The van der Waals surface area contributed by atoms with Crippen LogP contribution in [-0.4, -0.2) is 62.4 Å². The van der Waals surface area contributed by atoms with Gasteiger partial charge in [-0.1, -0.05) is 19.1 Å². The Morgan fingerprint density at radius 1 is 0.731 bits per heavy atom. The largest absolute Gasteiger partial charge is 0.378 e. The van der Waals surface area contributed by atoms with E-state index in [0.29, 0.717) is 0 Å². The normalized spacial score (nSPS) is 24.3. The SMILES string of the molecule is C.C1=C(N2CCOCC2)CCCC1.CC1=C(N2CCOCC2)CCCC1. The van der Waals surface area contributed by atoms with Gasteiger partial charge < -0.3 is 19.3 Å². The van der Waals surface area contributed by atoms with E-state index in [1.54, 1.807) is 17.0 Å². The van der Waals surface area contributed by atoms with Crippen LogP contribution in [0.4, 0.5) is 0 Å². The molecule has 0 spiro atoms. The summed E-state index contributed by atoms with van der Waals surface area (Å²) in [6.07, 6.45) is 13.1. The van der Waals surface area contributed by atoms with Crippen molar-refractivity contribution in [3.63, 3.8) is 0 Å². The molecular weight excluding hydrogens is 324 g/mol. The summed E-state index contributed by atoms with van der Waals surface area (Å²) >= 11 is 0. The molecule has 0 atom stereocenters. The molecule has 2 saturated heterocycles. The topological polar surface area (TPSA) is 24.9 Å². The molecule has 2 fully saturated rings. The molecule has 0 bridgehead atoms. The number of rotatable bonds is 2. The van der Waals surface area contributed by atoms with Crippen molar-refractivity contribution < 1.29 is 9.47 Å². The van der Waals surface area contributed by atoms with Gasteiger partial charge in [0.25, 0.3) is 0 Å². The van der Waals surface area contributed by atoms with Crippen molar-refractivity contribution in [3.05, 3.63) is 23.0 Å². The van der Waals surface area contributed by atoms with E-state index in [1.807, 2.05) is 0 Å². The lowest BCUT2D eigenvalue weighted by Crippen LogP contribution is -2.36. The first-order valence-corrected chi connectivity index (χ1v) is 10.4. The van der Waals surface area contributed by atoms with Crippen molar-refractivity contribution in [2.45, 2.75) is 65.7 Å². The van der Waals surface area contributed by atoms with E-state index in [-0.39, 0.29) is 7.43 Å². The third-order valence-corrected chi connectivity index (χ3v) is 5.79. The first-order valence-electron chi connectivity index (χ1n) is 10.4. The number of hydrogen-bond donors (Lipinski definition) is 0. The molecule has 0 saturated carbocycles. The Balaban J connectivity index is 0.000000180. The minimum absolute atomic E-state index is 0. The minimum Gasteiger partial charge on any atom is -0.378 e. The highest BCUT2D eigenvalue weighted by atomic mass is 16.5. The van der Waals surface area contributed by atoms with Crippen LogP contribution in [0.1, 0.15) is 65.7 Å². The monoisotopic (exact) mass is 364 g/mol. The number of morpholine rings is 2. The maximum Gasteiger partial charge on any atom is 0.0642 e. The molecule has 2 aliphatic carbocycles. The Bertz CT molecular complexity index is 461. The van der Waals surface area contributed by atoms with Gasteiger partial charge in [-0.2, -0.15) is 0 Å². The van der Waals surface area contributed by atoms with Crippen LogP contribution in [0, 0.1) is 0 Å². The number of hydrogen-bond acceptors (Lipinski definition) is 4. The van der Waals surface area contributed by atoms with Gasteiger partial charge in [0.1, 0.15) is 0 Å². The van der Waals surface area contributed by atoms with Crippen LogP contribution >= 0.6 is 0 Å². The summed E-state index contributed by atoms with van der Waals surface area (Å²) < 4.78 is 10.7. The molecule has 2 aliphatic heterocycles. The van der Waals surface area contributed by atoms with Gasteiger partial charge in [0.2, 0.25) is 0 Å². The first kappa shape index (κ1) is 21.3. The number of nitrogens with zero attached hydrogens (tertiary/aromatic N) is 2. The molecule has 2 heterocycles. The summed E-state index contributed by atoms with van der Waals surface area (Å²) in [7, 11) is 0. The Kier molecular flexibility index (Phi) is 9.55. The molecule has 0 aromatic heterocycles. The Morgan fingerprint density at radius 2 is 1.31 bits per heavy atom. The molecule has 0 aromatic carbocycles. The van der Waals surface area contributed by atoms with Crippen LogP contribution in [0.5, 0.6) is 0 Å². The molecule has 4 nitrogen and oxygen atoms in total. The van der Waals surface area contributed by atoms with Crippen LogP contribution in [0.15, 0.2) is 23.0 Å². The zero-order valence-electron chi connectivity index (χ0n) is 16.1. The fourth-order valence-corrected chi connectivity index (χ4v) is 4.26. The maximum absolute atomic E-state index is 5.36. The van der Waals surface area contributed by atoms with Crippen LogP contribution in [0.25, 0.3) is 0 Å². The highest BCUT2D eigenvalue weighted by Gasteiger charge is 2.18. The van der Waals surface area contributed by atoms with Gasteiger partial charge in [0.05, 0.1) is 26.4 Å². The fraction of sp³-hybridized carbons (Fsp3) is 0.818. The van der Waals surface area contributed by atoms with Crippen LogP contribution in [0.2, 0.25) is 0 Å². The molecule has 4 rings (SSSR count). The predicted octanol–water partition coefficient (Wildman–Crippen LogP) is 4.58. The molecular formula is C22H40N2O2. The lowest BCUT2D eigenvalue weighted by atomic mass is 9.96. The van der Waals surface area contributed by atoms with Gasteiger partial charge in [-0.3, -0.25) is 0 Å². The standard InChI is InChI=1S/C11H19NO.C10H17NO.CH4/c1-10-4-2-3-5-11(10)12-6-8-13-9-7-12;1-2-4-10(5-3-1)11-6-8-12-9-7-11;/h2-9H2,1H3;4H,1-3,5-9H2;1H4. The van der Waals surface area contributed by atoms with Gasteiger partial charge in [0.15, 0.2) is 0 Å². The molecule has 26 heavy (non-hydrogen) atoms. The van der Waals surface area contributed by atoms with E-state index in [0.717, 1.165) is 52.6 Å². The van der Waals surface area contributed by atoms with Crippen molar-refractivity contribution >= 4 is 0 Å². The minimum atomic E-state index is 0. The summed E-state index contributed by atoms with van der Waals surface area (Å²) in [5, 5.41) is 0. The molecule has 4 heteroatoms. The quantitative estimate of drug-likeness (QED) is 0.716. The third kappa shape index (κ3) is 6.31. The van der Waals surface area contributed by atoms with Gasteiger partial charge in [-0.25, -0.2) is 0 Å². The molecule has 0 radical (unpaired) electrons. The van der Waals surface area contributed by atoms with Crippen molar-refractivity contribution in [2.75, 3.05) is 52.6 Å². The van der Waals surface area contributed by atoms with E-state index in [9.17, 15) is 0 Å². The number of allylic oxidation sites excluding steroid dienone is 4. The lowest BCUT2D eigenvalue weighted by Gasteiger charge is -2.34. The maximum atomic E-state index is 5.36. The Labute approximate surface area is 161 Å². The smallest absolute Gasteiger partial charge is 0.0642 e. The van der Waals surface area contributed by atoms with E-state index in [4.69, 9.17) is 9.47 Å².